The molecule has 1 aliphatic carbocycles. The number of likely N-dealkylation sites (tertiary alicyclic amines) is 1. The molecule has 3 fully saturated rings. The van der Waals surface area contributed by atoms with Crippen molar-refractivity contribution >= 4 is 17.7 Å². The number of nitrogens with zero attached hydrogens (tertiary/aromatic N) is 5. The Labute approximate surface area is 280 Å². The number of aromatic nitrogens is 2. The lowest BCUT2D eigenvalue weighted by atomic mass is 9.78. The number of benzene rings is 1. The number of piperazine rings is 1. The number of piperidine rings is 1. The number of likely N-dealkylation sites (N-methyl/N-ethyl adjacent to an activating group) is 1. The predicted molar refractivity (Wildman–Crippen MR) is 182 cm³/mol. The number of aliphatic hydroxyl groups is 1. The fraction of sp³-hybridized carbons (Fsp3) is 0.667. The SMILES string of the molecule is CCCCN1C(=O)[C@@H]([C@H](O)C2CCCCC2)NC(=O)C12CCN(Cc1c(C)nn(-c3ccc(C(=O)NCCN(C)C)cc3)c1C)CC2. The van der Waals surface area contributed by atoms with Crippen LogP contribution in [-0.2, 0) is 16.1 Å². The number of hydrogen-bond acceptors (Lipinski definition) is 7. The van der Waals surface area contributed by atoms with Crippen molar-refractivity contribution in [3.8, 4) is 5.69 Å². The van der Waals surface area contributed by atoms with Crippen LogP contribution in [0.4, 0.5) is 0 Å². The van der Waals surface area contributed by atoms with Gasteiger partial charge in [-0.3, -0.25) is 19.3 Å². The number of carbonyl (C=O) groups is 3. The van der Waals surface area contributed by atoms with Crippen LogP contribution in [0.15, 0.2) is 24.3 Å². The molecule has 2 atom stereocenters. The smallest absolute Gasteiger partial charge is 0.251 e. The molecular weight excluding hydrogens is 594 g/mol. The maximum atomic E-state index is 14.0. The van der Waals surface area contributed by atoms with Gasteiger partial charge in [-0.05, 0) is 90.2 Å². The summed E-state index contributed by atoms with van der Waals surface area (Å²) in [6, 6.07) is 6.67. The number of nitrogens with one attached hydrogen (secondary N) is 2. The summed E-state index contributed by atoms with van der Waals surface area (Å²) in [4.78, 5) is 46.6. The van der Waals surface area contributed by atoms with Crippen LogP contribution in [0.25, 0.3) is 5.69 Å². The van der Waals surface area contributed by atoms with Gasteiger partial charge in [-0.1, -0.05) is 32.6 Å². The first-order valence-electron chi connectivity index (χ1n) is 17.7. The minimum atomic E-state index is -0.875. The standard InChI is InChI=1S/C36H55N7O4/c1-6-7-20-42-34(46)31(32(44)27-11-9-8-10-12-27)38-35(47)36(42)17-21-41(22-18-36)24-30-25(2)39-43(26(30)3)29-15-13-28(14-16-29)33(45)37-19-23-40(4)5/h13-16,27,31-32,44H,6-12,17-24H2,1-5H3,(H,37,45)(H,38,47)/t31-,32-/m1/s1. The second kappa shape index (κ2) is 15.3. The van der Waals surface area contributed by atoms with E-state index in [1.54, 1.807) is 0 Å². The summed E-state index contributed by atoms with van der Waals surface area (Å²) in [5, 5.41) is 22.1. The second-order valence-electron chi connectivity index (χ2n) is 14.2. The van der Waals surface area contributed by atoms with E-state index >= 15 is 0 Å². The molecule has 1 aromatic carbocycles. The Kier molecular flexibility index (Phi) is 11.4. The van der Waals surface area contributed by atoms with E-state index in [0.29, 0.717) is 51.1 Å². The Morgan fingerprint density at radius 2 is 1.79 bits per heavy atom. The maximum Gasteiger partial charge on any atom is 0.251 e. The Morgan fingerprint density at radius 3 is 2.43 bits per heavy atom. The first-order chi connectivity index (χ1) is 22.6. The quantitative estimate of drug-likeness (QED) is 0.323. The van der Waals surface area contributed by atoms with E-state index in [9.17, 15) is 19.5 Å². The van der Waals surface area contributed by atoms with Crippen molar-refractivity contribution in [1.82, 2.24) is 35.1 Å². The summed E-state index contributed by atoms with van der Waals surface area (Å²) >= 11 is 0. The van der Waals surface area contributed by atoms with Gasteiger partial charge in [-0.25, -0.2) is 4.68 Å². The second-order valence-corrected chi connectivity index (χ2v) is 14.2. The van der Waals surface area contributed by atoms with Crippen molar-refractivity contribution in [2.24, 2.45) is 5.92 Å². The molecule has 3 heterocycles. The van der Waals surface area contributed by atoms with Crippen LogP contribution < -0.4 is 10.6 Å². The van der Waals surface area contributed by atoms with Crippen molar-refractivity contribution in [3.63, 3.8) is 0 Å². The predicted octanol–water partition coefficient (Wildman–Crippen LogP) is 3.18. The molecule has 2 saturated heterocycles. The van der Waals surface area contributed by atoms with Gasteiger partial charge in [0.2, 0.25) is 11.8 Å². The first-order valence-corrected chi connectivity index (χ1v) is 17.7. The third-order valence-corrected chi connectivity index (χ3v) is 10.7. The highest BCUT2D eigenvalue weighted by Gasteiger charge is 2.55. The molecule has 11 nitrogen and oxygen atoms in total. The van der Waals surface area contributed by atoms with Crippen LogP contribution in [0, 0.1) is 19.8 Å². The van der Waals surface area contributed by atoms with E-state index in [2.05, 4.69) is 29.4 Å². The van der Waals surface area contributed by atoms with E-state index in [1.807, 2.05) is 59.8 Å². The molecule has 2 aliphatic heterocycles. The number of aliphatic hydroxyl groups excluding tert-OH is 1. The molecule has 2 aromatic rings. The molecule has 3 aliphatic rings. The fourth-order valence-corrected chi connectivity index (χ4v) is 7.66. The van der Waals surface area contributed by atoms with E-state index in [1.165, 1.54) is 6.42 Å². The first kappa shape index (κ1) is 35.0. The molecule has 47 heavy (non-hydrogen) atoms. The highest BCUT2D eigenvalue weighted by Crippen LogP contribution is 2.37. The third kappa shape index (κ3) is 7.57. The molecule has 1 aromatic heterocycles. The molecule has 0 radical (unpaired) electrons. The van der Waals surface area contributed by atoms with Gasteiger partial charge >= 0.3 is 0 Å². The Bertz CT molecular complexity index is 1390. The van der Waals surface area contributed by atoms with E-state index in [4.69, 9.17) is 5.10 Å². The number of carbonyl (C=O) groups excluding carboxylic acids is 3. The number of amides is 3. The zero-order chi connectivity index (χ0) is 33.7. The van der Waals surface area contributed by atoms with Crippen LogP contribution in [0.5, 0.6) is 0 Å². The van der Waals surface area contributed by atoms with Crippen molar-refractivity contribution in [2.45, 2.75) is 103 Å². The molecule has 258 valence electrons. The zero-order valence-electron chi connectivity index (χ0n) is 29.1. The largest absolute Gasteiger partial charge is 0.390 e. The fourth-order valence-electron chi connectivity index (χ4n) is 7.66. The number of rotatable bonds is 12. The lowest BCUT2D eigenvalue weighted by Gasteiger charge is -2.52. The Balaban J connectivity index is 1.24. The molecule has 5 rings (SSSR count). The lowest BCUT2D eigenvalue weighted by Crippen LogP contribution is -2.75. The zero-order valence-corrected chi connectivity index (χ0v) is 29.1. The highest BCUT2D eigenvalue weighted by atomic mass is 16.3. The van der Waals surface area contributed by atoms with Crippen LogP contribution >= 0.6 is 0 Å². The number of unbranched alkanes of at least 4 members (excludes halogenated alkanes) is 1. The Morgan fingerprint density at radius 1 is 1.11 bits per heavy atom. The normalized spacial score (nSPS) is 21.3. The topological polar surface area (TPSA) is 123 Å². The summed E-state index contributed by atoms with van der Waals surface area (Å²) < 4.78 is 1.93. The third-order valence-electron chi connectivity index (χ3n) is 10.7. The minimum Gasteiger partial charge on any atom is -0.390 e. The van der Waals surface area contributed by atoms with Crippen LogP contribution in [0.3, 0.4) is 0 Å². The molecule has 1 spiro atoms. The average molecular weight is 650 g/mol. The van der Waals surface area contributed by atoms with E-state index < -0.39 is 17.7 Å². The van der Waals surface area contributed by atoms with E-state index in [0.717, 1.165) is 67.7 Å². The van der Waals surface area contributed by atoms with Gasteiger partial charge in [-0.15, -0.1) is 0 Å². The number of hydrogen-bond donors (Lipinski definition) is 3. The lowest BCUT2D eigenvalue weighted by molar-refractivity contribution is -0.166. The van der Waals surface area contributed by atoms with Gasteiger partial charge in [0.15, 0.2) is 0 Å². The molecule has 3 amide bonds. The molecule has 3 N–H and O–H groups in total. The number of aryl methyl sites for hydroxylation is 1. The summed E-state index contributed by atoms with van der Waals surface area (Å²) in [5.74, 6) is -0.255. The van der Waals surface area contributed by atoms with Gasteiger partial charge < -0.3 is 25.5 Å². The van der Waals surface area contributed by atoms with Gasteiger partial charge in [0.1, 0.15) is 11.6 Å². The highest BCUT2D eigenvalue weighted by molar-refractivity contribution is 6.00. The van der Waals surface area contributed by atoms with E-state index in [-0.39, 0.29) is 23.6 Å². The van der Waals surface area contributed by atoms with Crippen molar-refractivity contribution in [1.29, 1.82) is 0 Å². The van der Waals surface area contributed by atoms with Gasteiger partial charge in [0.25, 0.3) is 5.91 Å². The van der Waals surface area contributed by atoms with Crippen molar-refractivity contribution in [3.05, 3.63) is 46.8 Å². The summed E-state index contributed by atoms with van der Waals surface area (Å²) in [5.41, 5.74) is 3.77. The van der Waals surface area contributed by atoms with Crippen molar-refractivity contribution < 1.29 is 19.5 Å². The minimum absolute atomic E-state index is 0.0600. The maximum absolute atomic E-state index is 14.0. The van der Waals surface area contributed by atoms with Gasteiger partial charge in [0.05, 0.1) is 17.5 Å². The van der Waals surface area contributed by atoms with Crippen LogP contribution in [0.1, 0.15) is 92.0 Å². The van der Waals surface area contributed by atoms with Crippen LogP contribution in [0.2, 0.25) is 0 Å². The molecule has 11 heteroatoms. The van der Waals surface area contributed by atoms with Crippen LogP contribution in [-0.4, -0.2) is 112 Å². The summed E-state index contributed by atoms with van der Waals surface area (Å²) in [6.45, 7) is 10.2. The Hall–Kier alpha value is -3.28. The molecule has 1 saturated carbocycles. The summed E-state index contributed by atoms with van der Waals surface area (Å²) in [6.07, 6.45) is 7.16. The summed E-state index contributed by atoms with van der Waals surface area (Å²) in [7, 11) is 3.95. The molecule has 0 bridgehead atoms. The molecular formula is C36H55N7O4. The monoisotopic (exact) mass is 649 g/mol. The van der Waals surface area contributed by atoms with Gasteiger partial charge in [-0.2, -0.15) is 5.10 Å². The molecule has 0 unspecified atom stereocenters. The average Bonchev–Trinajstić information content (AvgIpc) is 3.35. The van der Waals surface area contributed by atoms with Gasteiger partial charge in [0, 0.05) is 56.1 Å². The van der Waals surface area contributed by atoms with Crippen molar-refractivity contribution in [2.75, 3.05) is 46.8 Å².